The minimum absolute atomic E-state index is 0.270. The molecule has 0 aliphatic carbocycles. The van der Waals surface area contributed by atoms with Gasteiger partial charge in [-0.3, -0.25) is 0 Å². The smallest absolute Gasteiger partial charge is 0.205 e. The van der Waals surface area contributed by atoms with Gasteiger partial charge in [0.2, 0.25) is 5.28 Å². The predicted octanol–water partition coefficient (Wildman–Crippen LogP) is 4.27. The Morgan fingerprint density at radius 3 is 2.64 bits per heavy atom. The van der Waals surface area contributed by atoms with E-state index in [0.717, 1.165) is 15.0 Å². The largest absolute Gasteiger partial charge is 0.234 e. The molecule has 0 atom stereocenters. The van der Waals surface area contributed by atoms with Crippen LogP contribution in [0.1, 0.15) is 0 Å². The summed E-state index contributed by atoms with van der Waals surface area (Å²) in [5, 5.41) is 1.72. The summed E-state index contributed by atoms with van der Waals surface area (Å²) in [6, 6.07) is 5.49. The maximum absolute atomic E-state index is 5.82. The summed E-state index contributed by atoms with van der Waals surface area (Å²) in [7, 11) is 0. The Bertz CT molecular complexity index is 472. The van der Waals surface area contributed by atoms with Crippen molar-refractivity contribution in [1.29, 1.82) is 0 Å². The Kier molecular flexibility index (Phi) is 3.07. The van der Waals surface area contributed by atoms with Crippen LogP contribution in [0.3, 0.4) is 0 Å². The molecule has 0 unspecified atom stereocenters. The lowest BCUT2D eigenvalue weighted by Gasteiger charge is -1.99. The van der Waals surface area contributed by atoms with Crippen molar-refractivity contribution >= 4 is 50.7 Å². The zero-order chi connectivity index (χ0) is 10.1. The molecule has 1 aromatic carbocycles. The maximum atomic E-state index is 5.82. The molecule has 14 heavy (non-hydrogen) atoms. The van der Waals surface area contributed by atoms with Gasteiger partial charge < -0.3 is 0 Å². The Labute approximate surface area is 103 Å². The van der Waals surface area contributed by atoms with Crippen molar-refractivity contribution in [2.45, 2.75) is 0 Å². The standard InChI is InChI=1S/C8H3BrCl2N2S/c9-6-3-4(10)1-2-5(6)7-12-8(11)13-14-7/h1-3H. The van der Waals surface area contributed by atoms with Crippen molar-refractivity contribution in [1.82, 2.24) is 9.36 Å². The highest BCUT2D eigenvalue weighted by Crippen LogP contribution is 2.32. The third-order valence-corrected chi connectivity index (χ3v) is 3.47. The van der Waals surface area contributed by atoms with Gasteiger partial charge in [-0.2, -0.15) is 4.37 Å². The molecule has 0 N–H and O–H groups in total. The van der Waals surface area contributed by atoms with Gasteiger partial charge in [-0.05, 0) is 41.3 Å². The van der Waals surface area contributed by atoms with Gasteiger partial charge in [0.05, 0.1) is 0 Å². The van der Waals surface area contributed by atoms with Crippen LogP contribution in [0.5, 0.6) is 0 Å². The second-order valence-corrected chi connectivity index (χ2v) is 4.87. The topological polar surface area (TPSA) is 25.8 Å². The molecule has 0 bridgehead atoms. The van der Waals surface area contributed by atoms with Crippen molar-refractivity contribution < 1.29 is 0 Å². The quantitative estimate of drug-likeness (QED) is 0.786. The second-order valence-electron chi connectivity index (χ2n) is 2.49. The fraction of sp³-hybridized carbons (Fsp3) is 0. The van der Waals surface area contributed by atoms with E-state index in [2.05, 4.69) is 25.3 Å². The van der Waals surface area contributed by atoms with Gasteiger partial charge in [0.25, 0.3) is 0 Å². The van der Waals surface area contributed by atoms with Crippen LogP contribution in [-0.2, 0) is 0 Å². The summed E-state index contributed by atoms with van der Waals surface area (Å²) >= 11 is 16.1. The molecule has 0 spiro atoms. The number of aromatic nitrogens is 2. The van der Waals surface area contributed by atoms with Crippen molar-refractivity contribution in [3.05, 3.63) is 33.0 Å². The number of benzene rings is 1. The Morgan fingerprint density at radius 2 is 2.07 bits per heavy atom. The van der Waals surface area contributed by atoms with Gasteiger partial charge in [-0.1, -0.05) is 27.5 Å². The first-order valence-corrected chi connectivity index (χ1v) is 5.93. The lowest BCUT2D eigenvalue weighted by Crippen LogP contribution is -1.78. The molecule has 0 amide bonds. The summed E-state index contributed by atoms with van der Waals surface area (Å²) in [5.74, 6) is 0. The molecule has 0 aliphatic rings. The highest BCUT2D eigenvalue weighted by atomic mass is 79.9. The van der Waals surface area contributed by atoms with Crippen LogP contribution in [-0.4, -0.2) is 9.36 Å². The van der Waals surface area contributed by atoms with Crippen molar-refractivity contribution in [2.75, 3.05) is 0 Å². The molecule has 0 saturated heterocycles. The monoisotopic (exact) mass is 308 g/mol. The van der Waals surface area contributed by atoms with Gasteiger partial charge in [0.1, 0.15) is 5.01 Å². The van der Waals surface area contributed by atoms with Crippen molar-refractivity contribution in [2.24, 2.45) is 0 Å². The zero-order valence-electron chi connectivity index (χ0n) is 6.67. The fourth-order valence-corrected chi connectivity index (χ4v) is 2.82. The predicted molar refractivity (Wildman–Crippen MR) is 63.1 cm³/mol. The van der Waals surface area contributed by atoms with E-state index in [4.69, 9.17) is 23.2 Å². The maximum Gasteiger partial charge on any atom is 0.234 e. The van der Waals surface area contributed by atoms with E-state index in [0.29, 0.717) is 5.02 Å². The average molecular weight is 310 g/mol. The molecule has 6 heteroatoms. The second kappa shape index (κ2) is 4.14. The average Bonchev–Trinajstić information content (AvgIpc) is 2.51. The molecule has 0 aliphatic heterocycles. The third-order valence-electron chi connectivity index (χ3n) is 1.56. The van der Waals surface area contributed by atoms with Gasteiger partial charge >= 0.3 is 0 Å². The van der Waals surface area contributed by atoms with E-state index in [9.17, 15) is 0 Å². The number of rotatable bonds is 1. The molecule has 2 aromatic rings. The van der Waals surface area contributed by atoms with Crippen LogP contribution in [0.15, 0.2) is 22.7 Å². The number of hydrogen-bond donors (Lipinski definition) is 0. The van der Waals surface area contributed by atoms with Gasteiger partial charge in [-0.15, -0.1) is 0 Å². The fourth-order valence-electron chi connectivity index (χ4n) is 0.978. The molecular weight excluding hydrogens is 307 g/mol. The summed E-state index contributed by atoms with van der Waals surface area (Å²) < 4.78 is 4.79. The van der Waals surface area contributed by atoms with Gasteiger partial charge in [0, 0.05) is 15.1 Å². The number of halogens is 3. The first-order chi connectivity index (χ1) is 6.66. The van der Waals surface area contributed by atoms with E-state index in [-0.39, 0.29) is 5.28 Å². The van der Waals surface area contributed by atoms with E-state index in [1.165, 1.54) is 11.5 Å². The van der Waals surface area contributed by atoms with Crippen LogP contribution >= 0.6 is 50.7 Å². The van der Waals surface area contributed by atoms with E-state index in [1.54, 1.807) is 6.07 Å². The highest BCUT2D eigenvalue weighted by Gasteiger charge is 2.08. The van der Waals surface area contributed by atoms with E-state index in [1.807, 2.05) is 12.1 Å². The van der Waals surface area contributed by atoms with Gasteiger partial charge in [0.15, 0.2) is 0 Å². The summed E-state index contributed by atoms with van der Waals surface area (Å²) in [5.41, 5.74) is 0.943. The van der Waals surface area contributed by atoms with Crippen molar-refractivity contribution in [3.63, 3.8) is 0 Å². The van der Waals surface area contributed by atoms with Crippen LogP contribution < -0.4 is 0 Å². The van der Waals surface area contributed by atoms with E-state index < -0.39 is 0 Å². The summed E-state index contributed by atoms with van der Waals surface area (Å²) in [4.78, 5) is 4.07. The lowest BCUT2D eigenvalue weighted by atomic mass is 10.2. The summed E-state index contributed by atoms with van der Waals surface area (Å²) in [6.45, 7) is 0. The highest BCUT2D eigenvalue weighted by molar-refractivity contribution is 9.10. The first-order valence-electron chi connectivity index (χ1n) is 3.61. The molecule has 72 valence electrons. The molecular formula is C8H3BrCl2N2S. The normalized spacial score (nSPS) is 10.5. The van der Waals surface area contributed by atoms with Crippen LogP contribution in [0.2, 0.25) is 10.3 Å². The molecule has 0 radical (unpaired) electrons. The van der Waals surface area contributed by atoms with Crippen molar-refractivity contribution in [3.8, 4) is 10.6 Å². The minimum atomic E-state index is 0.270. The minimum Gasteiger partial charge on any atom is -0.205 e. The third kappa shape index (κ3) is 2.08. The van der Waals surface area contributed by atoms with Crippen LogP contribution in [0, 0.1) is 0 Å². The van der Waals surface area contributed by atoms with Gasteiger partial charge in [-0.25, -0.2) is 4.98 Å². The zero-order valence-corrected chi connectivity index (χ0v) is 10.6. The Hall–Kier alpha value is -0.160. The molecule has 2 rings (SSSR count). The Morgan fingerprint density at radius 1 is 1.29 bits per heavy atom. The first kappa shape index (κ1) is 10.4. The van der Waals surface area contributed by atoms with Crippen LogP contribution in [0.4, 0.5) is 0 Å². The molecule has 1 heterocycles. The molecule has 2 nitrogen and oxygen atoms in total. The van der Waals surface area contributed by atoms with E-state index >= 15 is 0 Å². The molecule has 0 saturated carbocycles. The van der Waals surface area contributed by atoms with Crippen LogP contribution in [0.25, 0.3) is 10.6 Å². The lowest BCUT2D eigenvalue weighted by molar-refractivity contribution is 1.33. The number of hydrogen-bond acceptors (Lipinski definition) is 3. The summed E-state index contributed by atoms with van der Waals surface area (Å²) in [6.07, 6.45) is 0. The SMILES string of the molecule is Clc1ccc(-c2nc(Cl)ns2)c(Br)c1. The Balaban J connectivity index is 2.52. The number of nitrogens with zero attached hydrogens (tertiary/aromatic N) is 2. The molecule has 1 aromatic heterocycles. The molecule has 0 fully saturated rings.